The largest absolute Gasteiger partial charge is 0.115 e. The van der Waals surface area contributed by atoms with Crippen molar-refractivity contribution in [2.75, 3.05) is 0 Å². The summed E-state index contributed by atoms with van der Waals surface area (Å²) in [5, 5.41) is 0. The number of fused-ring (bicyclic) bond motifs is 1. The van der Waals surface area contributed by atoms with Gasteiger partial charge in [-0.1, -0.05) is 70.4 Å². The predicted octanol–water partition coefficient (Wildman–Crippen LogP) is 4.25. The van der Waals surface area contributed by atoms with Crippen molar-refractivity contribution in [3.05, 3.63) is 50.6 Å². The Labute approximate surface area is 133 Å². The van der Waals surface area contributed by atoms with Gasteiger partial charge in [-0.3, -0.25) is 0 Å². The summed E-state index contributed by atoms with van der Waals surface area (Å²) in [7, 11) is 6.38. The van der Waals surface area contributed by atoms with Crippen LogP contribution in [0, 0.1) is 10.5 Å². The molecule has 2 radical (unpaired) electrons. The Morgan fingerprint density at radius 2 is 2.05 bits per heavy atom. The minimum atomic E-state index is -0.130. The summed E-state index contributed by atoms with van der Waals surface area (Å²) in [5.74, 6) is 0. The van der Waals surface area contributed by atoms with E-state index < -0.39 is 0 Å². The summed E-state index contributed by atoms with van der Waals surface area (Å²) in [6, 6.07) is 0. The third-order valence-corrected chi connectivity index (χ3v) is 6.34. The van der Waals surface area contributed by atoms with E-state index in [-0.39, 0.29) is 26.1 Å². The molecule has 0 bridgehead atoms. The topological polar surface area (TPSA) is 0 Å². The summed E-state index contributed by atoms with van der Waals surface area (Å²) in [5.41, 5.74) is 5.98. The third-order valence-electron chi connectivity index (χ3n) is 3.82. The Morgan fingerprint density at radius 3 is 2.65 bits per heavy atom. The molecule has 0 unspecified atom stereocenters. The van der Waals surface area contributed by atoms with Crippen molar-refractivity contribution in [3.8, 4) is 0 Å². The van der Waals surface area contributed by atoms with E-state index in [2.05, 4.69) is 62.6 Å². The highest BCUT2D eigenvalue weighted by Crippen LogP contribution is 2.38. The van der Waals surface area contributed by atoms with Crippen LogP contribution in [0.15, 0.2) is 24.8 Å². The Balaban J connectivity index is 2.96. The van der Waals surface area contributed by atoms with Gasteiger partial charge in [-0.15, -0.1) is 6.58 Å². The Kier molecular flexibility index (Phi) is 4.53. The van der Waals surface area contributed by atoms with E-state index in [4.69, 9.17) is 7.85 Å². The Hall–Kier alpha value is -0.895. The van der Waals surface area contributed by atoms with Gasteiger partial charge in [0.05, 0.1) is 0 Å². The highest BCUT2D eigenvalue weighted by atomic mass is 127. The van der Waals surface area contributed by atoms with Crippen molar-refractivity contribution in [3.63, 3.8) is 0 Å². The second-order valence-corrected chi connectivity index (χ2v) is 8.00. The maximum Gasteiger partial charge on any atom is 0.115 e. The van der Waals surface area contributed by atoms with Gasteiger partial charge in [0.25, 0.3) is 0 Å². The van der Waals surface area contributed by atoms with Gasteiger partial charge in [0.2, 0.25) is 0 Å². The zero-order valence-electron chi connectivity index (χ0n) is 12.6. The van der Waals surface area contributed by atoms with E-state index in [0.717, 1.165) is 5.46 Å². The van der Waals surface area contributed by atoms with E-state index in [1.807, 2.05) is 6.08 Å². The first-order valence-corrected chi connectivity index (χ1v) is 9.12. The third kappa shape index (κ3) is 2.50. The molecule has 2 rings (SSSR count). The zero-order valence-corrected chi connectivity index (χ0v) is 14.8. The maximum absolute atomic E-state index is 6.38. The quantitative estimate of drug-likeness (QED) is 0.422. The Bertz CT molecular complexity index is 646. The van der Waals surface area contributed by atoms with Crippen molar-refractivity contribution >= 4 is 50.2 Å². The van der Waals surface area contributed by atoms with Gasteiger partial charge in [0, 0.05) is 8.99 Å². The predicted molar refractivity (Wildman–Crippen MR) is 102 cm³/mol. The molecule has 20 heavy (non-hydrogen) atoms. The fourth-order valence-electron chi connectivity index (χ4n) is 2.52. The molecule has 2 heteroatoms. The molecule has 0 aromatic heterocycles. The lowest BCUT2D eigenvalue weighted by Gasteiger charge is -2.30. The molecule has 0 aliphatic carbocycles. The van der Waals surface area contributed by atoms with Crippen LogP contribution in [0.3, 0.4) is 0 Å². The number of benzene rings is 1. The molecule has 0 N–H and O–H groups in total. The number of hydrogen-bond acceptors (Lipinski definition) is 0. The first-order valence-electron chi connectivity index (χ1n) is 6.80. The number of rotatable bonds is 3. The normalized spacial score (nSPS) is 14.2. The highest BCUT2D eigenvalue weighted by molar-refractivity contribution is 14.2. The molecular weight excluding hydrogens is 354 g/mol. The maximum atomic E-state index is 6.38. The average Bonchev–Trinajstić information content (AvgIpc) is 2.44. The molecule has 0 fully saturated rings. The molecule has 1 aromatic rings. The van der Waals surface area contributed by atoms with Gasteiger partial charge in [0.1, 0.15) is 7.85 Å². The minimum absolute atomic E-state index is 0.0455. The first-order chi connectivity index (χ1) is 9.44. The molecule has 1 aliphatic heterocycles. The molecule has 0 atom stereocenters. The SMILES string of the molecule is [B]c1c(C)c(/C=C\C)c(C(C)(C)C=C)c2c1C=CC=I2. The second-order valence-electron chi connectivity index (χ2n) is 5.58. The van der Waals surface area contributed by atoms with Gasteiger partial charge in [-0.2, -0.15) is 0 Å². The van der Waals surface area contributed by atoms with Gasteiger partial charge >= 0.3 is 0 Å². The molecular formula is C18H20BI. The molecule has 102 valence electrons. The van der Waals surface area contributed by atoms with Crippen LogP contribution in [0.4, 0.5) is 0 Å². The highest BCUT2D eigenvalue weighted by Gasteiger charge is 2.26. The number of halogens is 1. The molecule has 0 saturated carbocycles. The van der Waals surface area contributed by atoms with E-state index in [1.165, 1.54) is 25.8 Å². The summed E-state index contributed by atoms with van der Waals surface area (Å²) < 4.78 is 3.75. The summed E-state index contributed by atoms with van der Waals surface area (Å²) >= 11 is -0.130. The monoisotopic (exact) mass is 374 g/mol. The second kappa shape index (κ2) is 5.84. The van der Waals surface area contributed by atoms with Crippen LogP contribution in [0.5, 0.6) is 0 Å². The number of allylic oxidation sites excluding steroid dienone is 3. The fraction of sp³-hybridized carbons (Fsp3) is 0.278. The van der Waals surface area contributed by atoms with E-state index >= 15 is 0 Å². The lowest BCUT2D eigenvalue weighted by atomic mass is 9.74. The van der Waals surface area contributed by atoms with Crippen molar-refractivity contribution < 1.29 is 0 Å². The summed E-state index contributed by atoms with van der Waals surface area (Å²) in [6.07, 6.45) is 10.6. The molecule has 0 nitrogen and oxygen atoms in total. The summed E-state index contributed by atoms with van der Waals surface area (Å²) in [6.45, 7) is 12.7. The van der Waals surface area contributed by atoms with Crippen LogP contribution in [-0.4, -0.2) is 11.9 Å². The molecule has 1 aliphatic rings. The fourth-order valence-corrected chi connectivity index (χ4v) is 5.40. The van der Waals surface area contributed by atoms with Gasteiger partial charge < -0.3 is 0 Å². The standard InChI is InChI=1S/C18H20BI/c1-6-9-13-12(3)16(19)14-10-8-11-20-17(14)15(13)18(4,5)7-2/h6-11H,2H2,1,3-5H3/b9-6-. The van der Waals surface area contributed by atoms with E-state index in [1.54, 1.807) is 0 Å². The van der Waals surface area contributed by atoms with Crippen molar-refractivity contribution in [2.45, 2.75) is 33.1 Å². The lowest BCUT2D eigenvalue weighted by molar-refractivity contribution is 0.665. The van der Waals surface area contributed by atoms with E-state index in [0.29, 0.717) is 0 Å². The molecule has 0 amide bonds. The van der Waals surface area contributed by atoms with Crippen LogP contribution < -0.4 is 5.46 Å². The molecule has 0 spiro atoms. The van der Waals surface area contributed by atoms with Crippen LogP contribution in [0.1, 0.15) is 43.0 Å². The van der Waals surface area contributed by atoms with Gasteiger partial charge in [-0.25, -0.2) is 0 Å². The lowest BCUT2D eigenvalue weighted by Crippen LogP contribution is -2.25. The zero-order chi connectivity index (χ0) is 14.9. The molecule has 1 aromatic carbocycles. The van der Waals surface area contributed by atoms with Gasteiger partial charge in [-0.05, 0) is 40.1 Å². The van der Waals surface area contributed by atoms with Crippen LogP contribution in [-0.2, 0) is 5.41 Å². The van der Waals surface area contributed by atoms with Crippen LogP contribution in [0.2, 0.25) is 0 Å². The van der Waals surface area contributed by atoms with Crippen molar-refractivity contribution in [1.82, 2.24) is 0 Å². The molecule has 0 saturated heterocycles. The minimum Gasteiger partial charge on any atom is -0.102 e. The van der Waals surface area contributed by atoms with Crippen molar-refractivity contribution in [2.24, 2.45) is 0 Å². The Morgan fingerprint density at radius 1 is 1.35 bits per heavy atom. The first kappa shape index (κ1) is 15.5. The number of hydrogen-bond donors (Lipinski definition) is 0. The van der Waals surface area contributed by atoms with Gasteiger partial charge in [0.15, 0.2) is 0 Å². The molecule has 1 heterocycles. The summed E-state index contributed by atoms with van der Waals surface area (Å²) in [4.78, 5) is 0. The van der Waals surface area contributed by atoms with Crippen LogP contribution in [0.25, 0.3) is 12.2 Å². The van der Waals surface area contributed by atoms with Crippen LogP contribution >= 0.6 is 20.7 Å². The average molecular weight is 374 g/mol. The van der Waals surface area contributed by atoms with Crippen molar-refractivity contribution in [1.29, 1.82) is 0 Å². The smallest absolute Gasteiger partial charge is 0.102 e. The van der Waals surface area contributed by atoms with E-state index in [9.17, 15) is 0 Å².